The van der Waals surface area contributed by atoms with Gasteiger partial charge in [-0.25, -0.2) is 0 Å². The average Bonchev–Trinajstić information content (AvgIpc) is 3.49. The van der Waals surface area contributed by atoms with Crippen LogP contribution in [0, 0.1) is 5.92 Å². The maximum Gasteiger partial charge on any atom is 0.230 e. The maximum atomic E-state index is 12.3. The predicted octanol–water partition coefficient (Wildman–Crippen LogP) is 2.08. The number of aromatic nitrogens is 3. The largest absolute Gasteiger partial charge is 0.376 e. The van der Waals surface area contributed by atoms with Crippen molar-refractivity contribution in [1.29, 1.82) is 0 Å². The van der Waals surface area contributed by atoms with E-state index in [1.54, 1.807) is 0 Å². The lowest BCUT2D eigenvalue weighted by atomic mass is 10.00. The Kier molecular flexibility index (Phi) is 7.31. The molecule has 0 aromatic carbocycles. The van der Waals surface area contributed by atoms with Crippen LogP contribution in [0.2, 0.25) is 0 Å². The highest BCUT2D eigenvalue weighted by molar-refractivity contribution is 7.99. The number of hydrogen-bond donors (Lipinski definition) is 1. The first-order valence-electron chi connectivity index (χ1n) is 11.0. The van der Waals surface area contributed by atoms with E-state index < -0.39 is 0 Å². The number of carbonyl (C=O) groups is 1. The second-order valence-corrected chi connectivity index (χ2v) is 9.37. The summed E-state index contributed by atoms with van der Waals surface area (Å²) in [5.74, 6) is 2.05. The fourth-order valence-electron chi connectivity index (χ4n) is 4.20. The molecule has 0 bridgehead atoms. The van der Waals surface area contributed by atoms with Crippen LogP contribution in [0.15, 0.2) is 5.16 Å². The van der Waals surface area contributed by atoms with Gasteiger partial charge in [0.15, 0.2) is 5.16 Å². The number of ether oxygens (including phenoxy) is 2. The van der Waals surface area contributed by atoms with E-state index in [-0.39, 0.29) is 18.1 Å². The molecule has 1 aromatic heterocycles. The van der Waals surface area contributed by atoms with Crippen molar-refractivity contribution in [3.8, 4) is 0 Å². The molecule has 3 saturated heterocycles. The summed E-state index contributed by atoms with van der Waals surface area (Å²) in [6, 6.07) is 0. The zero-order chi connectivity index (χ0) is 20.1. The van der Waals surface area contributed by atoms with Crippen LogP contribution in [0.25, 0.3) is 0 Å². The number of nitrogens with zero attached hydrogens (tertiary/aromatic N) is 4. The SMILES string of the molecule is CC1CCN(c2nnc(SCC(=O)NCC3CCCO3)n2CC2CCCO2)CC1. The van der Waals surface area contributed by atoms with E-state index in [9.17, 15) is 4.79 Å². The van der Waals surface area contributed by atoms with Gasteiger partial charge in [-0.3, -0.25) is 9.36 Å². The molecular weight excluding hydrogens is 390 g/mol. The molecule has 162 valence electrons. The van der Waals surface area contributed by atoms with Crippen molar-refractivity contribution in [2.45, 2.75) is 69.4 Å². The monoisotopic (exact) mass is 423 g/mol. The number of carbonyl (C=O) groups excluding carboxylic acids is 1. The van der Waals surface area contributed by atoms with Crippen molar-refractivity contribution in [1.82, 2.24) is 20.1 Å². The van der Waals surface area contributed by atoms with Crippen molar-refractivity contribution in [3.05, 3.63) is 0 Å². The quantitative estimate of drug-likeness (QED) is 0.641. The van der Waals surface area contributed by atoms with Crippen LogP contribution in [0.5, 0.6) is 0 Å². The Bertz CT molecular complexity index is 665. The van der Waals surface area contributed by atoms with Gasteiger partial charge in [-0.05, 0) is 44.4 Å². The van der Waals surface area contributed by atoms with Gasteiger partial charge in [0, 0.05) is 32.8 Å². The van der Waals surface area contributed by atoms with E-state index >= 15 is 0 Å². The van der Waals surface area contributed by atoms with E-state index in [2.05, 4.69) is 31.9 Å². The van der Waals surface area contributed by atoms with E-state index in [1.807, 2.05) is 0 Å². The van der Waals surface area contributed by atoms with Gasteiger partial charge in [0.05, 0.1) is 24.5 Å². The van der Waals surface area contributed by atoms with Crippen LogP contribution in [-0.4, -0.2) is 71.5 Å². The minimum absolute atomic E-state index is 0.0190. The van der Waals surface area contributed by atoms with Crippen LogP contribution in [0.3, 0.4) is 0 Å². The Labute approximate surface area is 177 Å². The van der Waals surface area contributed by atoms with Gasteiger partial charge in [0.2, 0.25) is 11.9 Å². The lowest BCUT2D eigenvalue weighted by Crippen LogP contribution is -2.35. The molecule has 0 radical (unpaired) electrons. The van der Waals surface area contributed by atoms with E-state index in [0.717, 1.165) is 75.6 Å². The number of rotatable bonds is 8. The fourth-order valence-corrected chi connectivity index (χ4v) is 4.97. The molecule has 2 unspecified atom stereocenters. The summed E-state index contributed by atoms with van der Waals surface area (Å²) in [6.07, 6.45) is 7.03. The summed E-state index contributed by atoms with van der Waals surface area (Å²) >= 11 is 1.46. The lowest BCUT2D eigenvalue weighted by molar-refractivity contribution is -0.119. The van der Waals surface area contributed by atoms with Gasteiger partial charge < -0.3 is 19.7 Å². The molecule has 9 heteroatoms. The van der Waals surface area contributed by atoms with Crippen LogP contribution in [0.4, 0.5) is 5.95 Å². The molecule has 3 fully saturated rings. The van der Waals surface area contributed by atoms with Gasteiger partial charge in [-0.15, -0.1) is 10.2 Å². The van der Waals surface area contributed by atoms with Gasteiger partial charge in [-0.2, -0.15) is 0 Å². The molecule has 3 aliphatic heterocycles. The summed E-state index contributed by atoms with van der Waals surface area (Å²) in [7, 11) is 0. The van der Waals surface area contributed by atoms with Gasteiger partial charge in [0.25, 0.3) is 0 Å². The Morgan fingerprint density at radius 3 is 2.52 bits per heavy atom. The summed E-state index contributed by atoms with van der Waals surface area (Å²) in [5.41, 5.74) is 0. The fraction of sp³-hybridized carbons (Fsp3) is 0.850. The number of hydrogen-bond acceptors (Lipinski definition) is 7. The van der Waals surface area contributed by atoms with E-state index in [1.165, 1.54) is 24.6 Å². The van der Waals surface area contributed by atoms with Crippen molar-refractivity contribution < 1.29 is 14.3 Å². The van der Waals surface area contributed by atoms with Crippen LogP contribution in [-0.2, 0) is 20.8 Å². The molecule has 0 saturated carbocycles. The van der Waals surface area contributed by atoms with Gasteiger partial charge in [-0.1, -0.05) is 18.7 Å². The number of amides is 1. The molecule has 0 spiro atoms. The third kappa shape index (κ3) is 5.64. The van der Waals surface area contributed by atoms with Crippen LogP contribution in [0.1, 0.15) is 45.4 Å². The Balaban J connectivity index is 1.37. The van der Waals surface area contributed by atoms with Crippen molar-refractivity contribution >= 4 is 23.6 Å². The smallest absolute Gasteiger partial charge is 0.230 e. The summed E-state index contributed by atoms with van der Waals surface area (Å²) in [6.45, 7) is 7.32. The molecule has 1 amide bonds. The second-order valence-electron chi connectivity index (χ2n) is 8.43. The highest BCUT2D eigenvalue weighted by atomic mass is 32.2. The zero-order valence-corrected chi connectivity index (χ0v) is 18.2. The molecule has 4 heterocycles. The molecule has 4 rings (SSSR count). The third-order valence-corrected chi connectivity index (χ3v) is 7.02. The van der Waals surface area contributed by atoms with E-state index in [4.69, 9.17) is 9.47 Å². The molecule has 3 aliphatic rings. The molecule has 8 nitrogen and oxygen atoms in total. The number of thioether (sulfide) groups is 1. The molecule has 2 atom stereocenters. The van der Waals surface area contributed by atoms with Gasteiger partial charge >= 0.3 is 0 Å². The Morgan fingerprint density at radius 1 is 1.10 bits per heavy atom. The summed E-state index contributed by atoms with van der Waals surface area (Å²) in [4.78, 5) is 14.6. The minimum atomic E-state index is 0.0190. The standard InChI is InChI=1S/C20H33N5O3S/c1-15-6-8-24(9-7-15)19-22-23-20(25(19)13-17-5-3-11-28-17)29-14-18(26)21-12-16-4-2-10-27-16/h15-17H,2-14H2,1H3,(H,21,26). The first kappa shape index (κ1) is 20.9. The average molecular weight is 424 g/mol. The lowest BCUT2D eigenvalue weighted by Gasteiger charge is -2.31. The van der Waals surface area contributed by atoms with Crippen molar-refractivity contribution in [2.24, 2.45) is 5.92 Å². The highest BCUT2D eigenvalue weighted by Crippen LogP contribution is 2.28. The third-order valence-electron chi connectivity index (χ3n) is 6.06. The van der Waals surface area contributed by atoms with E-state index in [0.29, 0.717) is 12.3 Å². The van der Waals surface area contributed by atoms with Gasteiger partial charge in [0.1, 0.15) is 0 Å². The summed E-state index contributed by atoms with van der Waals surface area (Å²) < 4.78 is 13.6. The number of anilines is 1. The first-order chi connectivity index (χ1) is 14.2. The predicted molar refractivity (Wildman–Crippen MR) is 112 cm³/mol. The van der Waals surface area contributed by atoms with Crippen LogP contribution >= 0.6 is 11.8 Å². The molecule has 0 aliphatic carbocycles. The first-order valence-corrected chi connectivity index (χ1v) is 12.0. The number of nitrogens with one attached hydrogen (secondary N) is 1. The maximum absolute atomic E-state index is 12.3. The second kappa shape index (κ2) is 10.1. The molecule has 1 aromatic rings. The number of piperidine rings is 1. The highest BCUT2D eigenvalue weighted by Gasteiger charge is 2.26. The van der Waals surface area contributed by atoms with Crippen molar-refractivity contribution in [3.63, 3.8) is 0 Å². The summed E-state index contributed by atoms with van der Waals surface area (Å²) in [5, 5.41) is 12.7. The zero-order valence-electron chi connectivity index (χ0n) is 17.3. The minimum Gasteiger partial charge on any atom is -0.376 e. The van der Waals surface area contributed by atoms with Crippen LogP contribution < -0.4 is 10.2 Å². The molecule has 29 heavy (non-hydrogen) atoms. The topological polar surface area (TPSA) is 81.5 Å². The molecule has 1 N–H and O–H groups in total. The Morgan fingerprint density at radius 2 is 1.83 bits per heavy atom. The van der Waals surface area contributed by atoms with Crippen molar-refractivity contribution in [2.75, 3.05) is 43.5 Å². The molecular formula is C20H33N5O3S. The normalized spacial score (nSPS) is 25.6. The Hall–Kier alpha value is -1.32.